The molecular weight excluding hydrogens is 252 g/mol. The van der Waals surface area contributed by atoms with E-state index in [0.717, 1.165) is 11.3 Å². The molecule has 0 radical (unpaired) electrons. The Kier molecular flexibility index (Phi) is 4.00. The average molecular weight is 268 g/mol. The van der Waals surface area contributed by atoms with Gasteiger partial charge in [-0.25, -0.2) is 4.79 Å². The minimum Gasteiger partial charge on any atom is -0.384 e. The third-order valence-corrected chi connectivity index (χ3v) is 2.74. The SMILES string of the molecule is Cc1ccc(NC(=O)Nc2cccc(C(=N)N)c2)cc1. The number of anilines is 2. The van der Waals surface area contributed by atoms with Gasteiger partial charge in [0.2, 0.25) is 0 Å². The van der Waals surface area contributed by atoms with Crippen LogP contribution in [0.1, 0.15) is 11.1 Å². The summed E-state index contributed by atoms with van der Waals surface area (Å²) in [5.41, 5.74) is 8.41. The van der Waals surface area contributed by atoms with E-state index in [-0.39, 0.29) is 11.9 Å². The molecule has 0 aliphatic heterocycles. The Balaban J connectivity index is 2.02. The number of nitrogen functional groups attached to an aromatic ring is 1. The third kappa shape index (κ3) is 3.58. The van der Waals surface area contributed by atoms with Crippen molar-refractivity contribution in [3.05, 3.63) is 59.7 Å². The van der Waals surface area contributed by atoms with Crippen LogP contribution >= 0.6 is 0 Å². The van der Waals surface area contributed by atoms with Crippen molar-refractivity contribution >= 4 is 23.2 Å². The van der Waals surface area contributed by atoms with Gasteiger partial charge in [-0.3, -0.25) is 5.41 Å². The molecule has 0 aliphatic carbocycles. The molecule has 0 spiro atoms. The molecule has 0 aromatic heterocycles. The smallest absolute Gasteiger partial charge is 0.323 e. The lowest BCUT2D eigenvalue weighted by Crippen LogP contribution is -2.20. The quantitative estimate of drug-likeness (QED) is 0.509. The Hall–Kier alpha value is -2.82. The molecule has 2 aromatic carbocycles. The van der Waals surface area contributed by atoms with Crippen molar-refractivity contribution in [2.75, 3.05) is 10.6 Å². The molecule has 2 rings (SSSR count). The van der Waals surface area contributed by atoms with E-state index in [9.17, 15) is 4.79 Å². The number of carbonyl (C=O) groups excluding carboxylic acids is 1. The molecule has 5 N–H and O–H groups in total. The molecule has 0 bridgehead atoms. The monoisotopic (exact) mass is 268 g/mol. The molecule has 2 amide bonds. The molecule has 2 aromatic rings. The number of rotatable bonds is 3. The first-order chi connectivity index (χ1) is 9.54. The van der Waals surface area contributed by atoms with Gasteiger partial charge in [0.25, 0.3) is 0 Å². The summed E-state index contributed by atoms with van der Waals surface area (Å²) in [4.78, 5) is 11.8. The van der Waals surface area contributed by atoms with Gasteiger partial charge in [0, 0.05) is 16.9 Å². The van der Waals surface area contributed by atoms with Crippen LogP contribution in [0.15, 0.2) is 48.5 Å². The number of amidine groups is 1. The van der Waals surface area contributed by atoms with Crippen molar-refractivity contribution in [1.82, 2.24) is 0 Å². The summed E-state index contributed by atoms with van der Waals surface area (Å²) in [6.45, 7) is 1.98. The van der Waals surface area contributed by atoms with E-state index in [1.807, 2.05) is 31.2 Å². The zero-order valence-electron chi connectivity index (χ0n) is 11.1. The normalized spacial score (nSPS) is 9.85. The first kappa shape index (κ1) is 13.6. The van der Waals surface area contributed by atoms with E-state index < -0.39 is 0 Å². The molecule has 5 nitrogen and oxygen atoms in total. The van der Waals surface area contributed by atoms with Crippen LogP contribution in [0.5, 0.6) is 0 Å². The molecule has 0 heterocycles. The topological polar surface area (TPSA) is 91.0 Å². The molecule has 5 heteroatoms. The van der Waals surface area contributed by atoms with Crippen LogP contribution in [-0.2, 0) is 0 Å². The second kappa shape index (κ2) is 5.88. The molecule has 102 valence electrons. The van der Waals surface area contributed by atoms with Gasteiger partial charge in [-0.2, -0.15) is 0 Å². The summed E-state index contributed by atoms with van der Waals surface area (Å²) < 4.78 is 0. The molecule has 0 saturated heterocycles. The fourth-order valence-electron chi connectivity index (χ4n) is 1.69. The van der Waals surface area contributed by atoms with Crippen LogP contribution < -0.4 is 16.4 Å². The van der Waals surface area contributed by atoms with E-state index >= 15 is 0 Å². The summed E-state index contributed by atoms with van der Waals surface area (Å²) in [6.07, 6.45) is 0. The predicted octanol–water partition coefficient (Wildman–Crippen LogP) is 2.92. The molecule has 0 atom stereocenters. The summed E-state index contributed by atoms with van der Waals surface area (Å²) in [5, 5.41) is 12.8. The van der Waals surface area contributed by atoms with Crippen LogP contribution in [0.25, 0.3) is 0 Å². The fraction of sp³-hybridized carbons (Fsp3) is 0.0667. The molecular formula is C15H16N4O. The molecule has 20 heavy (non-hydrogen) atoms. The van der Waals surface area contributed by atoms with Crippen LogP contribution in [-0.4, -0.2) is 11.9 Å². The number of amides is 2. The minimum atomic E-state index is -0.338. The lowest BCUT2D eigenvalue weighted by molar-refractivity contribution is 0.262. The number of benzene rings is 2. The van der Waals surface area contributed by atoms with E-state index in [0.29, 0.717) is 11.3 Å². The van der Waals surface area contributed by atoms with E-state index in [4.69, 9.17) is 11.1 Å². The Bertz CT molecular complexity index is 635. The summed E-state index contributed by atoms with van der Waals surface area (Å²) in [6, 6.07) is 14.0. The van der Waals surface area contributed by atoms with Gasteiger partial charge in [-0.15, -0.1) is 0 Å². The first-order valence-electron chi connectivity index (χ1n) is 6.14. The van der Waals surface area contributed by atoms with Gasteiger partial charge in [0.05, 0.1) is 0 Å². The van der Waals surface area contributed by atoms with Gasteiger partial charge in [0.15, 0.2) is 0 Å². The van der Waals surface area contributed by atoms with Gasteiger partial charge < -0.3 is 16.4 Å². The van der Waals surface area contributed by atoms with Crippen molar-refractivity contribution in [2.24, 2.45) is 5.73 Å². The summed E-state index contributed by atoms with van der Waals surface area (Å²) in [5.74, 6) is -0.0346. The second-order valence-corrected chi connectivity index (χ2v) is 4.44. The number of carbonyl (C=O) groups is 1. The fourth-order valence-corrected chi connectivity index (χ4v) is 1.69. The average Bonchev–Trinajstić information content (AvgIpc) is 2.41. The molecule has 0 aliphatic rings. The Morgan fingerprint density at radius 2 is 1.70 bits per heavy atom. The lowest BCUT2D eigenvalue weighted by atomic mass is 10.2. The molecule has 0 unspecified atom stereocenters. The van der Waals surface area contributed by atoms with Gasteiger partial charge in [-0.05, 0) is 31.2 Å². The summed E-state index contributed by atoms with van der Waals surface area (Å²) >= 11 is 0. The maximum Gasteiger partial charge on any atom is 0.323 e. The summed E-state index contributed by atoms with van der Waals surface area (Å²) in [7, 11) is 0. The second-order valence-electron chi connectivity index (χ2n) is 4.44. The van der Waals surface area contributed by atoms with Crippen LogP contribution in [0.3, 0.4) is 0 Å². The highest BCUT2D eigenvalue weighted by atomic mass is 16.2. The zero-order chi connectivity index (χ0) is 14.5. The maximum atomic E-state index is 11.8. The molecule has 0 saturated carbocycles. The van der Waals surface area contributed by atoms with Crippen molar-refractivity contribution in [2.45, 2.75) is 6.92 Å². The highest BCUT2D eigenvalue weighted by Gasteiger charge is 2.04. The minimum absolute atomic E-state index is 0.0346. The van der Waals surface area contributed by atoms with E-state index in [1.54, 1.807) is 24.3 Å². The number of hydrogen-bond donors (Lipinski definition) is 4. The highest BCUT2D eigenvalue weighted by Crippen LogP contribution is 2.12. The Morgan fingerprint density at radius 1 is 1.05 bits per heavy atom. The van der Waals surface area contributed by atoms with Crippen LogP contribution in [0, 0.1) is 12.3 Å². The standard InChI is InChI=1S/C15H16N4O/c1-10-5-7-12(8-6-10)18-15(20)19-13-4-2-3-11(9-13)14(16)17/h2-9H,1H3,(H3,16,17)(H2,18,19,20). The van der Waals surface area contributed by atoms with Gasteiger partial charge in [-0.1, -0.05) is 29.8 Å². The van der Waals surface area contributed by atoms with E-state index in [1.165, 1.54) is 0 Å². The number of urea groups is 1. The third-order valence-electron chi connectivity index (χ3n) is 2.74. The highest BCUT2D eigenvalue weighted by molar-refractivity contribution is 6.01. The van der Waals surface area contributed by atoms with Crippen molar-refractivity contribution in [3.63, 3.8) is 0 Å². The van der Waals surface area contributed by atoms with Crippen molar-refractivity contribution in [3.8, 4) is 0 Å². The number of nitrogens with two attached hydrogens (primary N) is 1. The maximum absolute atomic E-state index is 11.8. The number of aryl methyl sites for hydroxylation is 1. The Labute approximate surface area is 117 Å². The van der Waals surface area contributed by atoms with Crippen molar-refractivity contribution < 1.29 is 4.79 Å². The largest absolute Gasteiger partial charge is 0.384 e. The Morgan fingerprint density at radius 3 is 2.35 bits per heavy atom. The van der Waals surface area contributed by atoms with E-state index in [2.05, 4.69) is 10.6 Å². The first-order valence-corrected chi connectivity index (χ1v) is 6.14. The van der Waals surface area contributed by atoms with Gasteiger partial charge >= 0.3 is 6.03 Å². The zero-order valence-corrected chi connectivity index (χ0v) is 11.1. The van der Waals surface area contributed by atoms with Crippen molar-refractivity contribution in [1.29, 1.82) is 5.41 Å². The lowest BCUT2D eigenvalue weighted by Gasteiger charge is -2.09. The number of hydrogen-bond acceptors (Lipinski definition) is 2. The molecule has 0 fully saturated rings. The predicted molar refractivity (Wildman–Crippen MR) is 81.3 cm³/mol. The van der Waals surface area contributed by atoms with Crippen LogP contribution in [0.4, 0.5) is 16.2 Å². The number of nitrogens with one attached hydrogen (secondary N) is 3. The van der Waals surface area contributed by atoms with Crippen LogP contribution in [0.2, 0.25) is 0 Å². The van der Waals surface area contributed by atoms with Gasteiger partial charge in [0.1, 0.15) is 5.84 Å².